The summed E-state index contributed by atoms with van der Waals surface area (Å²) in [7, 11) is 1.36. The third-order valence-electron chi connectivity index (χ3n) is 3.39. The summed E-state index contributed by atoms with van der Waals surface area (Å²) in [6, 6.07) is 0. The number of rotatable bonds is 3. The highest BCUT2D eigenvalue weighted by molar-refractivity contribution is 8.00. The average molecular weight is 329 g/mol. The van der Waals surface area contributed by atoms with Gasteiger partial charge in [-0.25, -0.2) is 9.78 Å². The van der Waals surface area contributed by atoms with Gasteiger partial charge in [-0.15, -0.1) is 11.8 Å². The zero-order valence-electron chi connectivity index (χ0n) is 12.3. The fourth-order valence-electron chi connectivity index (χ4n) is 2.32. The number of aryl methyl sites for hydroxylation is 1. The van der Waals surface area contributed by atoms with Gasteiger partial charge in [-0.05, 0) is 26.0 Å². The molecular weight excluding hydrogens is 310 g/mol. The van der Waals surface area contributed by atoms with Crippen LogP contribution in [-0.2, 0) is 9.53 Å². The number of piperidine rings is 1. The number of anilines is 1. The molecule has 0 saturated carbocycles. The van der Waals surface area contributed by atoms with E-state index >= 15 is 0 Å². The van der Waals surface area contributed by atoms with Crippen molar-refractivity contribution < 1.29 is 14.3 Å². The highest BCUT2D eigenvalue weighted by Crippen LogP contribution is 2.30. The van der Waals surface area contributed by atoms with Crippen molar-refractivity contribution in [1.29, 1.82) is 0 Å². The van der Waals surface area contributed by atoms with E-state index in [1.807, 2.05) is 13.2 Å². The Kier molecular flexibility index (Phi) is 5.46. The number of thiazole rings is 1. The third kappa shape index (κ3) is 3.88. The average Bonchev–Trinajstić information content (AvgIpc) is 2.86. The van der Waals surface area contributed by atoms with Crippen molar-refractivity contribution in [2.24, 2.45) is 5.92 Å². The van der Waals surface area contributed by atoms with E-state index in [1.54, 1.807) is 16.7 Å². The second-order valence-electron chi connectivity index (χ2n) is 4.84. The lowest BCUT2D eigenvalue weighted by Gasteiger charge is -2.30. The van der Waals surface area contributed by atoms with Gasteiger partial charge in [0, 0.05) is 13.1 Å². The summed E-state index contributed by atoms with van der Waals surface area (Å²) in [6.45, 7) is 2.97. The number of hydrogen-bond acceptors (Lipinski definition) is 6. The first-order chi connectivity index (χ1) is 10.0. The van der Waals surface area contributed by atoms with E-state index in [1.165, 1.54) is 18.4 Å². The summed E-state index contributed by atoms with van der Waals surface area (Å²) < 4.78 is 5.81. The molecule has 0 unspecified atom stereocenters. The fraction of sp³-hybridized carbons (Fsp3) is 0.615. The zero-order chi connectivity index (χ0) is 15.4. The largest absolute Gasteiger partial charge is 0.453 e. The van der Waals surface area contributed by atoms with Gasteiger partial charge in [0.05, 0.1) is 22.9 Å². The Morgan fingerprint density at radius 1 is 1.52 bits per heavy atom. The minimum Gasteiger partial charge on any atom is -0.453 e. The van der Waals surface area contributed by atoms with Crippen LogP contribution in [0.4, 0.5) is 9.93 Å². The van der Waals surface area contributed by atoms with Gasteiger partial charge in [0.2, 0.25) is 5.91 Å². The second kappa shape index (κ2) is 7.13. The van der Waals surface area contributed by atoms with Crippen LogP contribution in [-0.4, -0.2) is 48.3 Å². The number of carbonyl (C=O) groups is 2. The molecule has 1 aromatic heterocycles. The highest BCUT2D eigenvalue weighted by atomic mass is 32.2. The van der Waals surface area contributed by atoms with Crippen LogP contribution >= 0.6 is 23.1 Å². The Bertz CT molecular complexity index is 533. The van der Waals surface area contributed by atoms with Crippen LogP contribution in [0, 0.1) is 12.8 Å². The molecule has 1 aliphatic heterocycles. The van der Waals surface area contributed by atoms with E-state index < -0.39 is 0 Å². The number of methoxy groups -OCH3 is 1. The van der Waals surface area contributed by atoms with Gasteiger partial charge < -0.3 is 15.0 Å². The lowest BCUT2D eigenvalue weighted by atomic mass is 9.97. The van der Waals surface area contributed by atoms with Crippen LogP contribution in [0.25, 0.3) is 0 Å². The number of likely N-dealkylation sites (tertiary alicyclic amines) is 1. The second-order valence-corrected chi connectivity index (χ2v) is 6.91. The molecule has 0 radical (unpaired) electrons. The van der Waals surface area contributed by atoms with Crippen molar-refractivity contribution in [2.75, 3.05) is 31.8 Å². The van der Waals surface area contributed by atoms with Crippen LogP contribution in [0.3, 0.4) is 0 Å². The number of aromatic nitrogens is 1. The van der Waals surface area contributed by atoms with Gasteiger partial charge in [-0.2, -0.15) is 0 Å². The predicted molar refractivity (Wildman–Crippen MR) is 84.0 cm³/mol. The van der Waals surface area contributed by atoms with Gasteiger partial charge in [0.15, 0.2) is 5.13 Å². The van der Waals surface area contributed by atoms with E-state index in [4.69, 9.17) is 4.74 Å². The van der Waals surface area contributed by atoms with Crippen LogP contribution in [0.5, 0.6) is 0 Å². The molecule has 1 atom stereocenters. The topological polar surface area (TPSA) is 71.5 Å². The maximum absolute atomic E-state index is 12.3. The number of thioether (sulfide) groups is 1. The molecule has 8 heteroatoms. The molecule has 116 valence electrons. The van der Waals surface area contributed by atoms with E-state index in [-0.39, 0.29) is 17.9 Å². The summed E-state index contributed by atoms with van der Waals surface area (Å²) in [5.74, 6) is -0.287. The van der Waals surface area contributed by atoms with Crippen LogP contribution in [0.1, 0.15) is 18.5 Å². The Hall–Kier alpha value is -1.28. The SMILES string of the molecule is COC(=O)N1CCC[C@@H](C(=O)Nc2nc(C)c(SC)s2)C1. The van der Waals surface area contributed by atoms with Gasteiger partial charge in [0.25, 0.3) is 0 Å². The molecular formula is C13H19N3O3S2. The first-order valence-corrected chi connectivity index (χ1v) is 8.74. The highest BCUT2D eigenvalue weighted by Gasteiger charge is 2.29. The van der Waals surface area contributed by atoms with Crippen molar-refractivity contribution in [3.63, 3.8) is 0 Å². The van der Waals surface area contributed by atoms with Gasteiger partial charge in [-0.1, -0.05) is 11.3 Å². The van der Waals surface area contributed by atoms with Crippen LogP contribution in [0.2, 0.25) is 0 Å². The van der Waals surface area contributed by atoms with E-state index in [0.29, 0.717) is 18.2 Å². The molecule has 1 N–H and O–H groups in total. The monoisotopic (exact) mass is 329 g/mol. The maximum Gasteiger partial charge on any atom is 0.409 e. The van der Waals surface area contributed by atoms with Gasteiger partial charge in [0.1, 0.15) is 0 Å². The molecule has 2 heterocycles. The van der Waals surface area contributed by atoms with Crippen molar-refractivity contribution in [3.8, 4) is 0 Å². The standard InChI is InChI=1S/C13H19N3O3S2/c1-8-11(20-3)21-12(14-8)15-10(17)9-5-4-6-16(7-9)13(18)19-2/h9H,4-7H2,1-3H3,(H,14,15,17)/t9-/m1/s1. The van der Waals surface area contributed by atoms with Crippen LogP contribution in [0.15, 0.2) is 4.21 Å². The number of ether oxygens (including phenoxy) is 1. The molecule has 1 aliphatic rings. The summed E-state index contributed by atoms with van der Waals surface area (Å²) in [6.07, 6.45) is 3.20. The molecule has 6 nitrogen and oxygen atoms in total. The van der Waals surface area contributed by atoms with E-state index in [2.05, 4.69) is 10.3 Å². The summed E-state index contributed by atoms with van der Waals surface area (Å²) in [5.41, 5.74) is 0.933. The first-order valence-electron chi connectivity index (χ1n) is 6.70. The molecule has 1 fully saturated rings. The molecule has 2 rings (SSSR count). The molecule has 21 heavy (non-hydrogen) atoms. The normalized spacial score (nSPS) is 18.4. The molecule has 1 saturated heterocycles. The van der Waals surface area contributed by atoms with E-state index in [9.17, 15) is 9.59 Å². The number of nitrogens with zero attached hydrogens (tertiary/aromatic N) is 2. The Morgan fingerprint density at radius 2 is 2.29 bits per heavy atom. The lowest BCUT2D eigenvalue weighted by Crippen LogP contribution is -2.43. The van der Waals surface area contributed by atoms with Crippen LogP contribution < -0.4 is 5.32 Å². The summed E-state index contributed by atoms with van der Waals surface area (Å²) in [4.78, 5) is 29.8. The van der Waals surface area contributed by atoms with Crippen molar-refractivity contribution >= 4 is 40.2 Å². The molecule has 2 amide bonds. The quantitative estimate of drug-likeness (QED) is 0.863. The van der Waals surface area contributed by atoms with E-state index in [0.717, 1.165) is 22.7 Å². The third-order valence-corrected chi connectivity index (χ3v) is 5.68. The Morgan fingerprint density at radius 3 is 2.90 bits per heavy atom. The Labute approximate surface area is 132 Å². The Balaban J connectivity index is 1.97. The summed E-state index contributed by atoms with van der Waals surface area (Å²) >= 11 is 3.10. The predicted octanol–water partition coefficient (Wildman–Crippen LogP) is 2.59. The lowest BCUT2D eigenvalue weighted by molar-refractivity contribution is -0.121. The maximum atomic E-state index is 12.3. The minimum absolute atomic E-state index is 0.0787. The number of nitrogens with one attached hydrogen (secondary N) is 1. The smallest absolute Gasteiger partial charge is 0.409 e. The molecule has 0 aliphatic carbocycles. The number of amides is 2. The molecule has 0 bridgehead atoms. The first kappa shape index (κ1) is 16.1. The molecule has 0 spiro atoms. The molecule has 0 aromatic carbocycles. The van der Waals surface area contributed by atoms with Gasteiger partial charge >= 0.3 is 6.09 Å². The van der Waals surface area contributed by atoms with Gasteiger partial charge in [-0.3, -0.25) is 4.79 Å². The summed E-state index contributed by atoms with van der Waals surface area (Å²) in [5, 5.41) is 3.48. The van der Waals surface area contributed by atoms with Crippen molar-refractivity contribution in [3.05, 3.63) is 5.69 Å². The fourth-order valence-corrected chi connectivity index (χ4v) is 3.93. The minimum atomic E-state index is -0.373. The zero-order valence-corrected chi connectivity index (χ0v) is 14.0. The molecule has 1 aromatic rings. The van der Waals surface area contributed by atoms with Crippen molar-refractivity contribution in [2.45, 2.75) is 24.0 Å². The number of hydrogen-bond donors (Lipinski definition) is 1. The van der Waals surface area contributed by atoms with Crippen molar-refractivity contribution in [1.82, 2.24) is 9.88 Å². The number of carbonyl (C=O) groups excluding carboxylic acids is 2.